The minimum Gasteiger partial charge on any atom is -0.461 e. The van der Waals surface area contributed by atoms with Gasteiger partial charge in [-0.3, -0.25) is 4.79 Å². The van der Waals surface area contributed by atoms with Crippen LogP contribution in [0.5, 0.6) is 0 Å². The van der Waals surface area contributed by atoms with Crippen molar-refractivity contribution in [2.75, 3.05) is 5.32 Å². The highest BCUT2D eigenvalue weighted by atomic mass is 35.5. The zero-order chi connectivity index (χ0) is 17.3. The molecule has 0 fully saturated rings. The van der Waals surface area contributed by atoms with Crippen LogP contribution in [-0.2, 0) is 0 Å². The third-order valence-electron chi connectivity index (χ3n) is 3.64. The van der Waals surface area contributed by atoms with Crippen molar-refractivity contribution in [3.63, 3.8) is 0 Å². The zero-order valence-corrected chi connectivity index (χ0v) is 14.7. The number of halogens is 2. The Kier molecular flexibility index (Phi) is 4.65. The number of anilines is 1. The van der Waals surface area contributed by atoms with E-state index in [1.807, 2.05) is 31.2 Å². The highest BCUT2D eigenvalue weighted by molar-refractivity contribution is 6.42. The molecule has 2 aromatic carbocycles. The molecule has 3 nitrogen and oxygen atoms in total. The van der Waals surface area contributed by atoms with Crippen LogP contribution >= 0.6 is 23.2 Å². The van der Waals surface area contributed by atoms with Gasteiger partial charge in [0.05, 0.1) is 15.6 Å². The number of carbonyl (C=O) groups is 1. The Bertz CT molecular complexity index is 915. The monoisotopic (exact) mass is 359 g/mol. The first kappa shape index (κ1) is 16.6. The van der Waals surface area contributed by atoms with Crippen LogP contribution in [0.15, 0.2) is 52.9 Å². The third-order valence-corrected chi connectivity index (χ3v) is 4.38. The molecule has 1 amide bonds. The number of hydrogen-bond donors (Lipinski definition) is 1. The van der Waals surface area contributed by atoms with Crippen LogP contribution in [0.25, 0.3) is 11.3 Å². The number of rotatable bonds is 3. The summed E-state index contributed by atoms with van der Waals surface area (Å²) in [6.45, 7) is 3.73. The lowest BCUT2D eigenvalue weighted by atomic mass is 10.1. The van der Waals surface area contributed by atoms with E-state index >= 15 is 0 Å². The standard InChI is InChI=1S/C19H15Cl2NO2/c1-11-4-3-5-14(8-11)22-19(23)15-10-18(24-12(15)2)13-6-7-16(20)17(21)9-13/h3-10H,1-2H3,(H,22,23). The zero-order valence-electron chi connectivity index (χ0n) is 13.2. The number of hydrogen-bond acceptors (Lipinski definition) is 2. The topological polar surface area (TPSA) is 42.2 Å². The number of amides is 1. The van der Waals surface area contributed by atoms with Gasteiger partial charge >= 0.3 is 0 Å². The lowest BCUT2D eigenvalue weighted by molar-refractivity contribution is 0.102. The predicted octanol–water partition coefficient (Wildman–Crippen LogP) is 6.12. The van der Waals surface area contributed by atoms with Crippen molar-refractivity contribution in [1.29, 1.82) is 0 Å². The quantitative estimate of drug-likeness (QED) is 0.611. The highest BCUT2D eigenvalue weighted by Crippen LogP contribution is 2.31. The lowest BCUT2D eigenvalue weighted by Crippen LogP contribution is -2.12. The molecule has 5 heteroatoms. The van der Waals surface area contributed by atoms with Gasteiger partial charge in [0.25, 0.3) is 5.91 Å². The molecule has 3 aromatic rings. The molecule has 24 heavy (non-hydrogen) atoms. The Labute approximate surface area is 150 Å². The Balaban J connectivity index is 1.88. The van der Waals surface area contributed by atoms with Gasteiger partial charge in [-0.15, -0.1) is 0 Å². The summed E-state index contributed by atoms with van der Waals surface area (Å²) in [5.41, 5.74) is 3.07. The molecule has 1 N–H and O–H groups in total. The molecular formula is C19H15Cl2NO2. The van der Waals surface area contributed by atoms with Gasteiger partial charge in [0, 0.05) is 11.3 Å². The number of carbonyl (C=O) groups excluding carboxylic acids is 1. The minimum absolute atomic E-state index is 0.215. The smallest absolute Gasteiger partial charge is 0.259 e. The summed E-state index contributed by atoms with van der Waals surface area (Å²) in [5, 5.41) is 3.79. The Morgan fingerprint density at radius 3 is 2.50 bits per heavy atom. The second kappa shape index (κ2) is 6.71. The van der Waals surface area contributed by atoms with Gasteiger partial charge in [-0.25, -0.2) is 0 Å². The van der Waals surface area contributed by atoms with Crippen molar-refractivity contribution in [1.82, 2.24) is 0 Å². The second-order valence-electron chi connectivity index (χ2n) is 5.53. The predicted molar refractivity (Wildman–Crippen MR) is 98.0 cm³/mol. The molecule has 1 aromatic heterocycles. The van der Waals surface area contributed by atoms with Gasteiger partial charge in [-0.2, -0.15) is 0 Å². The van der Waals surface area contributed by atoms with Gasteiger partial charge in [0.15, 0.2) is 0 Å². The molecule has 0 radical (unpaired) electrons. The van der Waals surface area contributed by atoms with Gasteiger partial charge < -0.3 is 9.73 Å². The number of benzene rings is 2. The molecule has 0 saturated heterocycles. The van der Waals surface area contributed by atoms with E-state index < -0.39 is 0 Å². The molecule has 3 rings (SSSR count). The molecule has 0 bridgehead atoms. The van der Waals surface area contributed by atoms with E-state index in [1.54, 1.807) is 31.2 Å². The van der Waals surface area contributed by atoms with Crippen LogP contribution in [0, 0.1) is 13.8 Å². The van der Waals surface area contributed by atoms with Crippen molar-refractivity contribution >= 4 is 34.8 Å². The van der Waals surface area contributed by atoms with Gasteiger partial charge in [0.2, 0.25) is 0 Å². The van der Waals surface area contributed by atoms with Crippen molar-refractivity contribution in [3.8, 4) is 11.3 Å². The summed E-state index contributed by atoms with van der Waals surface area (Å²) in [7, 11) is 0. The summed E-state index contributed by atoms with van der Waals surface area (Å²) in [6, 6.07) is 14.5. The maximum Gasteiger partial charge on any atom is 0.259 e. The van der Waals surface area contributed by atoms with Gasteiger partial charge in [-0.1, -0.05) is 35.3 Å². The number of aryl methyl sites for hydroxylation is 2. The fourth-order valence-electron chi connectivity index (χ4n) is 2.42. The molecule has 0 aliphatic heterocycles. The van der Waals surface area contributed by atoms with Crippen molar-refractivity contribution in [3.05, 3.63) is 75.5 Å². The Hall–Kier alpha value is -2.23. The van der Waals surface area contributed by atoms with Crippen LogP contribution in [0.3, 0.4) is 0 Å². The summed E-state index contributed by atoms with van der Waals surface area (Å²) in [6.07, 6.45) is 0. The third kappa shape index (κ3) is 3.48. The van der Waals surface area contributed by atoms with E-state index in [4.69, 9.17) is 27.6 Å². The maximum atomic E-state index is 12.5. The van der Waals surface area contributed by atoms with Crippen LogP contribution < -0.4 is 5.32 Å². The first-order valence-corrected chi connectivity index (χ1v) is 8.13. The summed E-state index contributed by atoms with van der Waals surface area (Å²) in [4.78, 5) is 12.5. The van der Waals surface area contributed by atoms with Crippen molar-refractivity contribution < 1.29 is 9.21 Å². The lowest BCUT2D eigenvalue weighted by Gasteiger charge is -2.04. The molecule has 0 saturated carbocycles. The SMILES string of the molecule is Cc1cccc(NC(=O)c2cc(-c3ccc(Cl)c(Cl)c3)oc2C)c1. The summed E-state index contributed by atoms with van der Waals surface area (Å²) in [5.74, 6) is 0.898. The molecule has 1 heterocycles. The van der Waals surface area contributed by atoms with E-state index in [2.05, 4.69) is 5.32 Å². The van der Waals surface area contributed by atoms with E-state index in [-0.39, 0.29) is 5.91 Å². The van der Waals surface area contributed by atoms with Gasteiger partial charge in [0.1, 0.15) is 11.5 Å². The van der Waals surface area contributed by atoms with E-state index in [9.17, 15) is 4.79 Å². The van der Waals surface area contributed by atoms with Crippen LogP contribution in [0.1, 0.15) is 21.7 Å². The largest absolute Gasteiger partial charge is 0.461 e. The Morgan fingerprint density at radius 1 is 1.00 bits per heavy atom. The fourth-order valence-corrected chi connectivity index (χ4v) is 2.72. The first-order chi connectivity index (χ1) is 11.4. The number of furan rings is 1. The molecule has 0 spiro atoms. The van der Waals surface area contributed by atoms with E-state index in [0.717, 1.165) is 16.8 Å². The Morgan fingerprint density at radius 2 is 1.79 bits per heavy atom. The second-order valence-corrected chi connectivity index (χ2v) is 6.35. The summed E-state index contributed by atoms with van der Waals surface area (Å²) < 4.78 is 5.72. The average molecular weight is 360 g/mol. The minimum atomic E-state index is -0.215. The molecule has 0 aliphatic carbocycles. The molecule has 0 aliphatic rings. The first-order valence-electron chi connectivity index (χ1n) is 7.38. The van der Waals surface area contributed by atoms with Crippen LogP contribution in [-0.4, -0.2) is 5.91 Å². The van der Waals surface area contributed by atoms with E-state index in [1.165, 1.54) is 0 Å². The normalized spacial score (nSPS) is 10.7. The molecule has 0 atom stereocenters. The molecule has 122 valence electrons. The number of nitrogens with one attached hydrogen (secondary N) is 1. The maximum absolute atomic E-state index is 12.5. The van der Waals surface area contributed by atoms with Crippen LogP contribution in [0.4, 0.5) is 5.69 Å². The average Bonchev–Trinajstić information content (AvgIpc) is 2.92. The summed E-state index contributed by atoms with van der Waals surface area (Å²) >= 11 is 12.0. The molecular weight excluding hydrogens is 345 g/mol. The molecule has 0 unspecified atom stereocenters. The van der Waals surface area contributed by atoms with E-state index in [0.29, 0.717) is 27.1 Å². The highest BCUT2D eigenvalue weighted by Gasteiger charge is 2.16. The van der Waals surface area contributed by atoms with Crippen LogP contribution in [0.2, 0.25) is 10.0 Å². The van der Waals surface area contributed by atoms with Crippen molar-refractivity contribution in [2.45, 2.75) is 13.8 Å². The fraction of sp³-hybridized carbons (Fsp3) is 0.105. The van der Waals surface area contributed by atoms with Crippen molar-refractivity contribution in [2.24, 2.45) is 0 Å². The van der Waals surface area contributed by atoms with Gasteiger partial charge in [-0.05, 0) is 55.8 Å².